The number of ether oxygens (including phenoxy) is 3. The van der Waals surface area contributed by atoms with Gasteiger partial charge in [-0.1, -0.05) is 30.9 Å². The number of aromatic carboxylic acids is 1. The molecule has 5 atom stereocenters. The molecular weight excluding hydrogens is 388 g/mol. The molecule has 4 rings (SSSR count). The maximum Gasteiger partial charge on any atom is 0.339 e. The first kappa shape index (κ1) is 20.3. The molecule has 30 heavy (non-hydrogen) atoms. The number of carbonyl (C=O) groups excluding carboxylic acids is 2. The van der Waals surface area contributed by atoms with Crippen LogP contribution in [0.15, 0.2) is 48.6 Å². The second-order valence-corrected chi connectivity index (χ2v) is 8.23. The Balaban J connectivity index is 1.55. The Morgan fingerprint density at radius 3 is 2.73 bits per heavy atom. The van der Waals surface area contributed by atoms with E-state index in [1.54, 1.807) is 12.1 Å². The van der Waals surface area contributed by atoms with Gasteiger partial charge in [0.2, 0.25) is 0 Å². The quantitative estimate of drug-likeness (QED) is 0.351. The summed E-state index contributed by atoms with van der Waals surface area (Å²) >= 11 is 0. The number of allylic oxidation sites excluding steroid dienone is 2. The number of epoxide rings is 1. The Morgan fingerprint density at radius 2 is 2.00 bits per heavy atom. The molecule has 2 aliphatic heterocycles. The number of carboxylic acid groups (broad SMARTS) is 1. The fourth-order valence-electron chi connectivity index (χ4n) is 4.47. The predicted octanol–water partition coefficient (Wildman–Crippen LogP) is 3.15. The minimum Gasteiger partial charge on any atom is -0.478 e. The van der Waals surface area contributed by atoms with Gasteiger partial charge in [0.25, 0.3) is 0 Å². The van der Waals surface area contributed by atoms with Crippen LogP contribution in [0.25, 0.3) is 0 Å². The number of hydrogen-bond acceptors (Lipinski definition) is 6. The van der Waals surface area contributed by atoms with Crippen LogP contribution in [0.2, 0.25) is 0 Å². The van der Waals surface area contributed by atoms with Crippen molar-refractivity contribution in [2.45, 2.75) is 44.0 Å². The zero-order chi connectivity index (χ0) is 21.5. The van der Waals surface area contributed by atoms with Crippen molar-refractivity contribution in [2.24, 2.45) is 11.8 Å². The van der Waals surface area contributed by atoms with Gasteiger partial charge < -0.3 is 19.3 Å². The molecule has 1 unspecified atom stereocenters. The topological polar surface area (TPSA) is 102 Å². The summed E-state index contributed by atoms with van der Waals surface area (Å²) in [7, 11) is 0. The van der Waals surface area contributed by atoms with Crippen LogP contribution in [0.5, 0.6) is 0 Å². The average Bonchev–Trinajstić information content (AvgIpc) is 3.31. The van der Waals surface area contributed by atoms with Crippen LogP contribution in [-0.4, -0.2) is 47.4 Å². The van der Waals surface area contributed by atoms with Gasteiger partial charge in [0.15, 0.2) is 0 Å². The number of fused-ring (bicyclic) bond motifs is 3. The number of carbonyl (C=O) groups is 3. The molecule has 1 N–H and O–H groups in total. The van der Waals surface area contributed by atoms with Crippen LogP contribution < -0.4 is 0 Å². The lowest BCUT2D eigenvalue weighted by atomic mass is 9.78. The van der Waals surface area contributed by atoms with Gasteiger partial charge in [-0.3, -0.25) is 0 Å². The summed E-state index contributed by atoms with van der Waals surface area (Å²) < 4.78 is 17.0. The molecule has 158 valence electrons. The number of esters is 2. The molecule has 2 saturated heterocycles. The molecule has 3 aliphatic rings. The second kappa shape index (κ2) is 7.72. The smallest absolute Gasteiger partial charge is 0.339 e. The van der Waals surface area contributed by atoms with E-state index in [2.05, 4.69) is 12.7 Å². The standard InChI is InChI=1S/C23H24O7/c1-13-17-14(12-28-22(27)16-10-6-5-9-15(16)20(24)25)8-4-3-7-11-23(2)19(30-23)18(17)29-21(13)26/h3-6,9-10,14,17-19H,1,7-8,11-12H2,2H3,(H,24,25)/b4-3-/t14?,17-,18+,19+,23-/m1/s1. The maximum absolute atomic E-state index is 12.6. The van der Waals surface area contributed by atoms with Gasteiger partial charge in [0.1, 0.15) is 12.2 Å². The summed E-state index contributed by atoms with van der Waals surface area (Å²) in [6.45, 7) is 5.94. The lowest BCUT2D eigenvalue weighted by molar-refractivity contribution is -0.140. The first-order valence-electron chi connectivity index (χ1n) is 10.0. The third-order valence-corrected chi connectivity index (χ3v) is 6.23. The zero-order valence-corrected chi connectivity index (χ0v) is 16.7. The van der Waals surface area contributed by atoms with Crippen molar-refractivity contribution >= 4 is 17.9 Å². The first-order chi connectivity index (χ1) is 14.3. The van der Waals surface area contributed by atoms with Gasteiger partial charge in [-0.25, -0.2) is 14.4 Å². The number of rotatable bonds is 4. The fraction of sp³-hybridized carbons (Fsp3) is 0.435. The molecule has 0 radical (unpaired) electrons. The molecule has 1 aromatic carbocycles. The first-order valence-corrected chi connectivity index (χ1v) is 10.0. The summed E-state index contributed by atoms with van der Waals surface area (Å²) in [5.41, 5.74) is -0.0967. The van der Waals surface area contributed by atoms with Gasteiger partial charge in [-0.2, -0.15) is 0 Å². The average molecular weight is 412 g/mol. The summed E-state index contributed by atoms with van der Waals surface area (Å²) in [6, 6.07) is 5.92. The predicted molar refractivity (Wildman–Crippen MR) is 106 cm³/mol. The van der Waals surface area contributed by atoms with Crippen molar-refractivity contribution in [1.29, 1.82) is 0 Å². The third kappa shape index (κ3) is 3.65. The van der Waals surface area contributed by atoms with E-state index in [1.807, 2.05) is 13.0 Å². The SMILES string of the molecule is C=C1C(=O)O[C@H]2[C@H]1C(COC(=O)c1ccccc1C(=O)O)C/C=C\CC[C@@]1(C)O[C@@H]21. The van der Waals surface area contributed by atoms with Crippen LogP contribution >= 0.6 is 0 Å². The largest absolute Gasteiger partial charge is 0.478 e. The molecular formula is C23H24O7. The van der Waals surface area contributed by atoms with E-state index in [9.17, 15) is 19.5 Å². The number of hydrogen-bond donors (Lipinski definition) is 1. The minimum atomic E-state index is -1.20. The molecule has 0 saturated carbocycles. The monoisotopic (exact) mass is 412 g/mol. The van der Waals surface area contributed by atoms with Crippen molar-refractivity contribution in [2.75, 3.05) is 6.61 Å². The normalized spacial score (nSPS) is 33.6. The molecule has 2 heterocycles. The Bertz CT molecular complexity index is 933. The molecule has 2 fully saturated rings. The highest BCUT2D eigenvalue weighted by Crippen LogP contribution is 2.50. The van der Waals surface area contributed by atoms with Crippen LogP contribution in [0.1, 0.15) is 46.9 Å². The Labute approximate surface area is 174 Å². The van der Waals surface area contributed by atoms with E-state index in [0.717, 1.165) is 12.8 Å². The Hall–Kier alpha value is -2.93. The van der Waals surface area contributed by atoms with Crippen molar-refractivity contribution in [3.8, 4) is 0 Å². The highest BCUT2D eigenvalue weighted by atomic mass is 16.6. The van der Waals surface area contributed by atoms with Gasteiger partial charge in [0, 0.05) is 17.4 Å². The van der Waals surface area contributed by atoms with Crippen molar-refractivity contribution in [1.82, 2.24) is 0 Å². The maximum atomic E-state index is 12.6. The third-order valence-electron chi connectivity index (χ3n) is 6.23. The number of benzene rings is 1. The highest BCUT2D eigenvalue weighted by Gasteiger charge is 2.62. The van der Waals surface area contributed by atoms with Crippen molar-refractivity contribution < 1.29 is 33.7 Å². The summed E-state index contributed by atoms with van der Waals surface area (Å²) in [4.78, 5) is 36.3. The zero-order valence-electron chi connectivity index (χ0n) is 16.7. The van der Waals surface area contributed by atoms with E-state index < -0.39 is 24.0 Å². The van der Waals surface area contributed by atoms with Gasteiger partial charge in [-0.15, -0.1) is 0 Å². The van der Waals surface area contributed by atoms with Gasteiger partial charge in [0.05, 0.1) is 23.3 Å². The fourth-order valence-corrected chi connectivity index (χ4v) is 4.47. The van der Waals surface area contributed by atoms with Gasteiger partial charge in [-0.05, 0) is 38.3 Å². The van der Waals surface area contributed by atoms with Crippen molar-refractivity contribution in [3.63, 3.8) is 0 Å². The summed E-state index contributed by atoms with van der Waals surface area (Å²) in [5, 5.41) is 9.31. The van der Waals surface area contributed by atoms with Crippen LogP contribution in [0.3, 0.4) is 0 Å². The van der Waals surface area contributed by atoms with E-state index in [-0.39, 0.29) is 41.3 Å². The van der Waals surface area contributed by atoms with Crippen LogP contribution in [-0.2, 0) is 19.0 Å². The Kier molecular flexibility index (Phi) is 5.24. The molecule has 0 aromatic heterocycles. The molecule has 0 spiro atoms. The minimum absolute atomic E-state index is 0.00682. The molecule has 1 aliphatic carbocycles. The van der Waals surface area contributed by atoms with E-state index in [1.165, 1.54) is 12.1 Å². The van der Waals surface area contributed by atoms with E-state index in [0.29, 0.717) is 12.0 Å². The molecule has 7 heteroatoms. The molecule has 7 nitrogen and oxygen atoms in total. The summed E-state index contributed by atoms with van der Waals surface area (Å²) in [6.07, 6.45) is 5.68. The molecule has 0 bridgehead atoms. The lowest BCUT2D eigenvalue weighted by Gasteiger charge is -2.26. The molecule has 1 aromatic rings. The second-order valence-electron chi connectivity index (χ2n) is 8.23. The lowest BCUT2D eigenvalue weighted by Crippen LogP contribution is -2.35. The van der Waals surface area contributed by atoms with Crippen molar-refractivity contribution in [3.05, 3.63) is 59.7 Å². The highest BCUT2D eigenvalue weighted by molar-refractivity contribution is 6.02. The number of carboxylic acids is 1. The van der Waals surface area contributed by atoms with Gasteiger partial charge >= 0.3 is 17.9 Å². The van der Waals surface area contributed by atoms with E-state index in [4.69, 9.17) is 14.2 Å². The summed E-state index contributed by atoms with van der Waals surface area (Å²) in [5.74, 6) is -2.93. The van der Waals surface area contributed by atoms with Crippen LogP contribution in [0.4, 0.5) is 0 Å². The van der Waals surface area contributed by atoms with Crippen LogP contribution in [0, 0.1) is 11.8 Å². The Morgan fingerprint density at radius 1 is 1.27 bits per heavy atom. The molecule has 0 amide bonds. The van der Waals surface area contributed by atoms with E-state index >= 15 is 0 Å².